The SMILES string of the molecule is N#Cc1ccc(C#N)c(-c2cscn2)c1. The van der Waals surface area contributed by atoms with E-state index in [1.807, 2.05) is 11.4 Å². The Hall–Kier alpha value is -2.17. The van der Waals surface area contributed by atoms with Gasteiger partial charge in [0.1, 0.15) is 0 Å². The molecule has 0 amide bonds. The zero-order valence-corrected chi connectivity index (χ0v) is 8.45. The van der Waals surface area contributed by atoms with Crippen LogP contribution in [-0.4, -0.2) is 4.98 Å². The number of benzene rings is 1. The lowest BCUT2D eigenvalue weighted by Crippen LogP contribution is -1.86. The summed E-state index contributed by atoms with van der Waals surface area (Å²) in [4.78, 5) is 4.13. The molecule has 0 spiro atoms. The zero-order chi connectivity index (χ0) is 10.7. The summed E-state index contributed by atoms with van der Waals surface area (Å²) in [6, 6.07) is 9.10. The molecular weight excluding hydrogens is 206 g/mol. The molecule has 0 aliphatic carbocycles. The highest BCUT2D eigenvalue weighted by Crippen LogP contribution is 2.24. The molecular formula is C11H5N3S. The maximum Gasteiger partial charge on any atom is 0.0998 e. The van der Waals surface area contributed by atoms with Gasteiger partial charge >= 0.3 is 0 Å². The molecule has 1 aromatic heterocycles. The minimum Gasteiger partial charge on any atom is -0.245 e. The van der Waals surface area contributed by atoms with Gasteiger partial charge in [0.15, 0.2) is 0 Å². The second-order valence-electron chi connectivity index (χ2n) is 2.86. The highest BCUT2D eigenvalue weighted by Gasteiger charge is 2.07. The van der Waals surface area contributed by atoms with Gasteiger partial charge in [-0.25, -0.2) is 4.98 Å². The number of nitriles is 2. The van der Waals surface area contributed by atoms with E-state index in [0.717, 1.165) is 11.3 Å². The third kappa shape index (κ3) is 1.71. The lowest BCUT2D eigenvalue weighted by atomic mass is 10.0. The maximum atomic E-state index is 8.92. The number of hydrogen-bond acceptors (Lipinski definition) is 4. The van der Waals surface area contributed by atoms with Crippen molar-refractivity contribution in [2.45, 2.75) is 0 Å². The van der Waals surface area contributed by atoms with Crippen LogP contribution >= 0.6 is 11.3 Å². The molecule has 0 saturated carbocycles. The van der Waals surface area contributed by atoms with Crippen LogP contribution in [0.4, 0.5) is 0 Å². The molecule has 0 N–H and O–H groups in total. The maximum absolute atomic E-state index is 8.92. The predicted molar refractivity (Wildman–Crippen MR) is 57.0 cm³/mol. The van der Waals surface area contributed by atoms with E-state index in [1.54, 1.807) is 23.7 Å². The molecule has 0 bridgehead atoms. The van der Waals surface area contributed by atoms with Crippen LogP contribution < -0.4 is 0 Å². The molecule has 0 saturated heterocycles. The van der Waals surface area contributed by atoms with Crippen molar-refractivity contribution < 1.29 is 0 Å². The fourth-order valence-corrected chi connectivity index (χ4v) is 1.82. The summed E-state index contributed by atoms with van der Waals surface area (Å²) in [5.41, 5.74) is 4.25. The van der Waals surface area contributed by atoms with Crippen molar-refractivity contribution in [1.29, 1.82) is 10.5 Å². The number of nitrogens with zero attached hydrogens (tertiary/aromatic N) is 3. The van der Waals surface area contributed by atoms with Gasteiger partial charge in [0.05, 0.1) is 34.5 Å². The van der Waals surface area contributed by atoms with Crippen molar-refractivity contribution in [3.63, 3.8) is 0 Å². The van der Waals surface area contributed by atoms with Crippen LogP contribution in [0.3, 0.4) is 0 Å². The number of aromatic nitrogens is 1. The second kappa shape index (κ2) is 3.91. The summed E-state index contributed by atoms with van der Waals surface area (Å²) in [6.45, 7) is 0. The largest absolute Gasteiger partial charge is 0.245 e. The Balaban J connectivity index is 2.65. The van der Waals surface area contributed by atoms with Gasteiger partial charge in [0.25, 0.3) is 0 Å². The smallest absolute Gasteiger partial charge is 0.0998 e. The highest BCUT2D eigenvalue weighted by molar-refractivity contribution is 7.07. The lowest BCUT2D eigenvalue weighted by molar-refractivity contribution is 1.38. The minimum absolute atomic E-state index is 0.539. The Bertz CT molecular complexity index is 559. The number of thiazole rings is 1. The van der Waals surface area contributed by atoms with Gasteiger partial charge in [0, 0.05) is 10.9 Å². The Morgan fingerprint density at radius 3 is 2.67 bits per heavy atom. The third-order valence-electron chi connectivity index (χ3n) is 1.98. The Kier molecular flexibility index (Phi) is 2.45. The van der Waals surface area contributed by atoms with E-state index >= 15 is 0 Å². The van der Waals surface area contributed by atoms with Crippen molar-refractivity contribution in [2.75, 3.05) is 0 Å². The van der Waals surface area contributed by atoms with Gasteiger partial charge in [0.2, 0.25) is 0 Å². The summed E-state index contributed by atoms with van der Waals surface area (Å²) in [6.07, 6.45) is 0. The second-order valence-corrected chi connectivity index (χ2v) is 3.58. The molecule has 0 aliphatic rings. The van der Waals surface area contributed by atoms with E-state index in [1.165, 1.54) is 11.3 Å². The molecule has 15 heavy (non-hydrogen) atoms. The van der Waals surface area contributed by atoms with Crippen LogP contribution in [0.15, 0.2) is 29.1 Å². The summed E-state index contributed by atoms with van der Waals surface area (Å²) in [7, 11) is 0. The first-order valence-electron chi connectivity index (χ1n) is 4.18. The first-order valence-corrected chi connectivity index (χ1v) is 5.12. The molecule has 0 fully saturated rings. The zero-order valence-electron chi connectivity index (χ0n) is 7.64. The van der Waals surface area contributed by atoms with Gasteiger partial charge < -0.3 is 0 Å². The molecule has 70 valence electrons. The Morgan fingerprint density at radius 1 is 1.20 bits per heavy atom. The van der Waals surface area contributed by atoms with Crippen LogP contribution in [-0.2, 0) is 0 Å². The molecule has 0 radical (unpaired) electrons. The Labute approximate surface area is 90.9 Å². The topological polar surface area (TPSA) is 60.5 Å². The summed E-state index contributed by atoms with van der Waals surface area (Å²) >= 11 is 1.46. The molecule has 2 rings (SSSR count). The van der Waals surface area contributed by atoms with Crippen molar-refractivity contribution in [2.24, 2.45) is 0 Å². The van der Waals surface area contributed by atoms with Gasteiger partial charge in [-0.3, -0.25) is 0 Å². The monoisotopic (exact) mass is 211 g/mol. The van der Waals surface area contributed by atoms with E-state index in [4.69, 9.17) is 10.5 Å². The van der Waals surface area contributed by atoms with Crippen LogP contribution in [0.25, 0.3) is 11.3 Å². The minimum atomic E-state index is 0.539. The molecule has 1 heterocycles. The normalized spacial score (nSPS) is 9.20. The van der Waals surface area contributed by atoms with Crippen LogP contribution in [0.1, 0.15) is 11.1 Å². The van der Waals surface area contributed by atoms with Gasteiger partial charge in [-0.1, -0.05) is 0 Å². The Morgan fingerprint density at radius 2 is 2.07 bits per heavy atom. The molecule has 0 atom stereocenters. The summed E-state index contributed by atoms with van der Waals surface area (Å²) < 4.78 is 0. The van der Waals surface area contributed by atoms with E-state index in [-0.39, 0.29) is 0 Å². The molecule has 0 aliphatic heterocycles. The third-order valence-corrected chi connectivity index (χ3v) is 2.56. The quantitative estimate of drug-likeness (QED) is 0.728. The highest BCUT2D eigenvalue weighted by atomic mass is 32.1. The fraction of sp³-hybridized carbons (Fsp3) is 0. The summed E-state index contributed by atoms with van der Waals surface area (Å²) in [5.74, 6) is 0. The van der Waals surface area contributed by atoms with Crippen molar-refractivity contribution in [1.82, 2.24) is 4.98 Å². The van der Waals surface area contributed by atoms with Crippen molar-refractivity contribution in [3.05, 3.63) is 40.2 Å². The molecule has 3 nitrogen and oxygen atoms in total. The number of hydrogen-bond donors (Lipinski definition) is 0. The van der Waals surface area contributed by atoms with Crippen LogP contribution in [0.5, 0.6) is 0 Å². The molecule has 0 unspecified atom stereocenters. The van der Waals surface area contributed by atoms with Gasteiger partial charge in [-0.2, -0.15) is 10.5 Å². The predicted octanol–water partition coefficient (Wildman–Crippen LogP) is 2.55. The van der Waals surface area contributed by atoms with E-state index in [2.05, 4.69) is 11.1 Å². The number of rotatable bonds is 1. The van der Waals surface area contributed by atoms with Crippen molar-refractivity contribution >= 4 is 11.3 Å². The molecule has 4 heteroatoms. The van der Waals surface area contributed by atoms with Crippen LogP contribution in [0, 0.1) is 22.7 Å². The van der Waals surface area contributed by atoms with E-state index < -0.39 is 0 Å². The average Bonchev–Trinajstić information content (AvgIpc) is 2.81. The molecule has 1 aromatic carbocycles. The lowest BCUT2D eigenvalue weighted by Gasteiger charge is -2.00. The first-order chi connectivity index (χ1) is 7.35. The standard InChI is InChI=1S/C11H5N3S/c12-4-8-1-2-9(5-13)10(3-8)11-6-15-7-14-11/h1-3,6-7H. The average molecular weight is 211 g/mol. The van der Waals surface area contributed by atoms with Crippen molar-refractivity contribution in [3.8, 4) is 23.4 Å². The van der Waals surface area contributed by atoms with Gasteiger partial charge in [-0.15, -0.1) is 11.3 Å². The van der Waals surface area contributed by atoms with Crippen LogP contribution in [0.2, 0.25) is 0 Å². The summed E-state index contributed by atoms with van der Waals surface area (Å²) in [5, 5.41) is 19.6. The fourth-order valence-electron chi connectivity index (χ4n) is 1.27. The molecule has 2 aromatic rings. The van der Waals surface area contributed by atoms with E-state index in [9.17, 15) is 0 Å². The first kappa shape index (κ1) is 9.39. The van der Waals surface area contributed by atoms with Gasteiger partial charge in [-0.05, 0) is 18.2 Å². The van der Waals surface area contributed by atoms with E-state index in [0.29, 0.717) is 11.1 Å².